The fraction of sp³-hybridized carbons (Fsp3) is 0. The van der Waals surface area contributed by atoms with Gasteiger partial charge in [0.05, 0.1) is 27.8 Å². The quantitative estimate of drug-likeness (QED) is 0.160. The molecule has 4 aromatic heterocycles. The van der Waals surface area contributed by atoms with Crippen molar-refractivity contribution >= 4 is 54.4 Å². The third-order valence-corrected chi connectivity index (χ3v) is 13.2. The maximum atomic E-state index is 5.48. The van der Waals surface area contributed by atoms with Crippen LogP contribution in [0.1, 0.15) is 0 Å². The number of rotatable bonds is 7. The number of aromatic nitrogens is 4. The van der Waals surface area contributed by atoms with Gasteiger partial charge < -0.3 is 0 Å². The molecule has 0 N–H and O–H groups in total. The highest BCUT2D eigenvalue weighted by Crippen LogP contribution is 2.44. The Hall–Kier alpha value is -8.86. The van der Waals surface area contributed by atoms with E-state index in [0.29, 0.717) is 0 Å². The summed E-state index contributed by atoms with van der Waals surface area (Å²) in [5.74, 6) is 1.75. The van der Waals surface area contributed by atoms with Crippen LogP contribution in [0, 0.1) is 0 Å². The molecule has 0 saturated heterocycles. The van der Waals surface area contributed by atoms with Gasteiger partial charge in [-0.05, 0) is 110 Å². The van der Waals surface area contributed by atoms with Crippen LogP contribution >= 0.6 is 0 Å². The Morgan fingerprint density at radius 1 is 0.258 bits per heavy atom. The third kappa shape index (κ3) is 6.22. The first-order chi connectivity index (χ1) is 32.7. The molecule has 0 bridgehead atoms. The van der Waals surface area contributed by atoms with Crippen LogP contribution in [0.5, 0.6) is 0 Å². The van der Waals surface area contributed by atoms with Gasteiger partial charge in [-0.1, -0.05) is 176 Å². The highest BCUT2D eigenvalue weighted by molar-refractivity contribution is 6.30. The predicted octanol–water partition coefficient (Wildman–Crippen LogP) is 16.2. The average molecular weight is 841 g/mol. The first kappa shape index (κ1) is 37.7. The zero-order valence-corrected chi connectivity index (χ0v) is 35.9. The second-order valence-corrected chi connectivity index (χ2v) is 17.0. The molecule has 308 valence electrons. The van der Waals surface area contributed by atoms with E-state index in [-0.39, 0.29) is 0 Å². The second-order valence-electron chi connectivity index (χ2n) is 17.0. The van der Waals surface area contributed by atoms with Crippen LogP contribution in [0.2, 0.25) is 0 Å². The largest absolute Gasteiger partial charge is 0.294 e. The Balaban J connectivity index is 1.11. The van der Waals surface area contributed by atoms with Crippen LogP contribution in [0.4, 0.5) is 0 Å². The van der Waals surface area contributed by atoms with Gasteiger partial charge in [-0.25, -0.2) is 9.97 Å². The maximum absolute atomic E-state index is 5.48. The Kier molecular flexibility index (Phi) is 8.81. The van der Waals surface area contributed by atoms with Crippen molar-refractivity contribution in [2.24, 2.45) is 0 Å². The molecule has 9 aromatic carbocycles. The van der Waals surface area contributed by atoms with Crippen LogP contribution < -0.4 is 0 Å². The molecule has 0 fully saturated rings. The van der Waals surface area contributed by atoms with Gasteiger partial charge in [0.2, 0.25) is 0 Å². The highest BCUT2D eigenvalue weighted by Gasteiger charge is 2.22. The van der Waals surface area contributed by atoms with Crippen molar-refractivity contribution in [2.75, 3.05) is 0 Å². The molecular weight excluding hydrogens is 801 g/mol. The summed E-state index contributed by atoms with van der Waals surface area (Å²) in [7, 11) is 0. The minimum Gasteiger partial charge on any atom is -0.294 e. The minimum absolute atomic E-state index is 0.872. The normalized spacial score (nSPS) is 11.6. The smallest absolute Gasteiger partial charge is 0.138 e. The monoisotopic (exact) mass is 840 g/mol. The Morgan fingerprint density at radius 2 is 0.667 bits per heavy atom. The second kappa shape index (κ2) is 15.4. The van der Waals surface area contributed by atoms with Gasteiger partial charge in [-0.3, -0.25) is 9.13 Å². The summed E-state index contributed by atoms with van der Waals surface area (Å²) < 4.78 is 4.70. The molecule has 4 heterocycles. The number of hydrogen-bond donors (Lipinski definition) is 0. The van der Waals surface area contributed by atoms with E-state index < -0.39 is 0 Å². The van der Waals surface area contributed by atoms with Crippen molar-refractivity contribution in [2.45, 2.75) is 0 Å². The molecule has 0 spiro atoms. The Labute approximate surface area is 382 Å². The lowest BCUT2D eigenvalue weighted by atomic mass is 9.97. The lowest BCUT2D eigenvalue weighted by Crippen LogP contribution is -2.00. The molecule has 0 radical (unpaired) electrons. The van der Waals surface area contributed by atoms with Crippen LogP contribution in [0.3, 0.4) is 0 Å². The number of fused-ring (bicyclic) bond motifs is 9. The molecule has 0 amide bonds. The number of pyridine rings is 2. The zero-order chi connectivity index (χ0) is 43.6. The topological polar surface area (TPSA) is 35.6 Å². The average Bonchev–Trinajstić information content (AvgIpc) is 3.92. The number of hydrogen-bond acceptors (Lipinski definition) is 2. The van der Waals surface area contributed by atoms with Crippen molar-refractivity contribution in [1.29, 1.82) is 0 Å². The maximum Gasteiger partial charge on any atom is 0.138 e. The fourth-order valence-corrected chi connectivity index (χ4v) is 10.1. The van der Waals surface area contributed by atoms with E-state index in [9.17, 15) is 0 Å². The van der Waals surface area contributed by atoms with Gasteiger partial charge in [0.25, 0.3) is 0 Å². The van der Waals surface area contributed by atoms with Crippen molar-refractivity contribution in [3.05, 3.63) is 243 Å². The van der Waals surface area contributed by atoms with Gasteiger partial charge in [-0.2, -0.15) is 0 Å². The summed E-state index contributed by atoms with van der Waals surface area (Å²) in [6, 6.07) is 84.8. The van der Waals surface area contributed by atoms with E-state index in [2.05, 4.69) is 240 Å². The predicted molar refractivity (Wildman–Crippen MR) is 275 cm³/mol. The Bertz CT molecular complexity index is 3870. The van der Waals surface area contributed by atoms with Crippen LogP contribution in [0.25, 0.3) is 122 Å². The van der Waals surface area contributed by atoms with Crippen LogP contribution in [0.15, 0.2) is 243 Å². The minimum atomic E-state index is 0.872. The lowest BCUT2D eigenvalue weighted by Gasteiger charge is -2.13. The van der Waals surface area contributed by atoms with E-state index in [1.165, 1.54) is 54.6 Å². The molecule has 4 heteroatoms. The summed E-state index contributed by atoms with van der Waals surface area (Å²) in [4.78, 5) is 10.6. The van der Waals surface area contributed by atoms with Crippen molar-refractivity contribution in [3.8, 4) is 67.4 Å². The summed E-state index contributed by atoms with van der Waals surface area (Å²) in [6.07, 6.45) is 1.99. The van der Waals surface area contributed by atoms with Crippen LogP contribution in [-0.4, -0.2) is 19.1 Å². The van der Waals surface area contributed by atoms with Crippen LogP contribution in [-0.2, 0) is 0 Å². The molecule has 13 rings (SSSR count). The molecule has 0 saturated carbocycles. The number of nitrogens with zero attached hydrogens (tertiary/aromatic N) is 4. The molecule has 0 aliphatic rings. The van der Waals surface area contributed by atoms with E-state index in [4.69, 9.17) is 9.97 Å². The van der Waals surface area contributed by atoms with Gasteiger partial charge in [-0.15, -0.1) is 0 Å². The van der Waals surface area contributed by atoms with Gasteiger partial charge >= 0.3 is 0 Å². The number of benzene rings is 9. The molecule has 66 heavy (non-hydrogen) atoms. The first-order valence-corrected chi connectivity index (χ1v) is 22.5. The zero-order valence-electron chi connectivity index (χ0n) is 35.9. The van der Waals surface area contributed by atoms with E-state index in [1.807, 2.05) is 12.3 Å². The van der Waals surface area contributed by atoms with Gasteiger partial charge in [0, 0.05) is 38.9 Å². The molecule has 4 nitrogen and oxygen atoms in total. The molecular formula is C62H40N4. The highest BCUT2D eigenvalue weighted by atomic mass is 15.1. The third-order valence-electron chi connectivity index (χ3n) is 13.2. The summed E-state index contributed by atoms with van der Waals surface area (Å²) in [5, 5.41) is 7.13. The molecule has 0 aliphatic heterocycles. The lowest BCUT2D eigenvalue weighted by molar-refractivity contribution is 1.08. The molecule has 0 unspecified atom stereocenters. The van der Waals surface area contributed by atoms with Gasteiger partial charge in [0.15, 0.2) is 0 Å². The van der Waals surface area contributed by atoms with Crippen molar-refractivity contribution in [1.82, 2.24) is 19.1 Å². The molecule has 13 aromatic rings. The fourth-order valence-electron chi connectivity index (χ4n) is 10.1. The van der Waals surface area contributed by atoms with E-state index in [0.717, 1.165) is 67.2 Å². The van der Waals surface area contributed by atoms with E-state index in [1.54, 1.807) is 0 Å². The molecule has 0 atom stereocenters. The Morgan fingerprint density at radius 3 is 1.14 bits per heavy atom. The standard InChI is InChI=1S/C62H40N4/c1-6-16-41(17-7-1)46-26-31-55-52(36-46)61-50-30-34-58-62(51(50)29-33-57(61)65(55)59-35-28-48(40-63-59)43-20-10-3-11-21-43)53-37-47(42-18-8-2-9-19-42)27-32-56(53)66(58)60-39-49(44-22-12-4-13-23-44)38-54(64-60)45-24-14-5-15-25-45/h1-40H. The summed E-state index contributed by atoms with van der Waals surface area (Å²) in [6.45, 7) is 0. The van der Waals surface area contributed by atoms with E-state index >= 15 is 0 Å². The summed E-state index contributed by atoms with van der Waals surface area (Å²) >= 11 is 0. The molecule has 0 aliphatic carbocycles. The van der Waals surface area contributed by atoms with Gasteiger partial charge in [0.1, 0.15) is 11.6 Å². The van der Waals surface area contributed by atoms with Crippen molar-refractivity contribution < 1.29 is 0 Å². The summed E-state index contributed by atoms with van der Waals surface area (Å²) in [5.41, 5.74) is 15.6. The first-order valence-electron chi connectivity index (χ1n) is 22.5. The SMILES string of the molecule is c1ccc(-c2ccc(-n3c4ccc(-c5ccccc5)cc4c4c5ccc6c(c5ccc43)c3cc(-c4ccccc4)ccc3n6-c3cc(-c4ccccc4)cc(-c4ccccc4)n3)nc2)cc1. The van der Waals surface area contributed by atoms with Crippen molar-refractivity contribution in [3.63, 3.8) is 0 Å².